The van der Waals surface area contributed by atoms with Crippen molar-refractivity contribution in [3.8, 4) is 0 Å². The van der Waals surface area contributed by atoms with E-state index in [0.29, 0.717) is 18.7 Å². The molecule has 2 rings (SSSR count). The molecule has 0 amide bonds. The maximum atomic E-state index is 11.5. The smallest absolute Gasteiger partial charge is 0.360 e. The number of anilines is 1. The van der Waals surface area contributed by atoms with E-state index in [4.69, 9.17) is 9.15 Å². The van der Waals surface area contributed by atoms with Crippen molar-refractivity contribution in [2.24, 2.45) is 0 Å². The van der Waals surface area contributed by atoms with E-state index in [2.05, 4.69) is 23.9 Å². The molecular weight excluding hydrogens is 234 g/mol. The van der Waals surface area contributed by atoms with Crippen molar-refractivity contribution < 1.29 is 13.9 Å². The molecule has 1 fully saturated rings. The van der Waals surface area contributed by atoms with Crippen LogP contribution >= 0.6 is 0 Å². The fourth-order valence-corrected chi connectivity index (χ4v) is 1.93. The van der Waals surface area contributed by atoms with E-state index in [0.717, 1.165) is 19.6 Å². The van der Waals surface area contributed by atoms with Crippen LogP contribution in [0.3, 0.4) is 0 Å². The van der Waals surface area contributed by atoms with E-state index in [-0.39, 0.29) is 5.69 Å². The number of hydrogen-bond donors (Lipinski definition) is 0. The van der Waals surface area contributed by atoms with Gasteiger partial charge in [0.2, 0.25) is 0 Å². The minimum absolute atomic E-state index is 0.235. The van der Waals surface area contributed by atoms with Crippen LogP contribution in [0.25, 0.3) is 0 Å². The third-order valence-corrected chi connectivity index (χ3v) is 3.21. The van der Waals surface area contributed by atoms with Crippen LogP contribution in [-0.2, 0) is 4.74 Å². The summed E-state index contributed by atoms with van der Waals surface area (Å²) in [4.78, 5) is 20.0. The van der Waals surface area contributed by atoms with E-state index in [1.54, 1.807) is 6.92 Å². The Morgan fingerprint density at radius 2 is 2.39 bits per heavy atom. The van der Waals surface area contributed by atoms with Crippen molar-refractivity contribution in [2.45, 2.75) is 19.9 Å². The molecule has 1 unspecified atom stereocenters. The summed E-state index contributed by atoms with van der Waals surface area (Å²) >= 11 is 0. The highest BCUT2D eigenvalue weighted by Gasteiger charge is 2.24. The van der Waals surface area contributed by atoms with Gasteiger partial charge in [0, 0.05) is 25.7 Å². The van der Waals surface area contributed by atoms with Gasteiger partial charge in [-0.1, -0.05) is 0 Å². The molecule has 0 N–H and O–H groups in total. The summed E-state index contributed by atoms with van der Waals surface area (Å²) in [7, 11) is 2.10. The summed E-state index contributed by atoms with van der Waals surface area (Å²) in [5.74, 6) is -0.435. The second-order valence-corrected chi connectivity index (χ2v) is 4.51. The highest BCUT2D eigenvalue weighted by Crippen LogP contribution is 2.18. The van der Waals surface area contributed by atoms with E-state index in [1.807, 2.05) is 4.90 Å². The second kappa shape index (κ2) is 5.39. The zero-order valence-corrected chi connectivity index (χ0v) is 11.0. The van der Waals surface area contributed by atoms with Crippen molar-refractivity contribution >= 4 is 12.0 Å². The number of aromatic nitrogens is 1. The number of carbonyl (C=O) groups is 1. The standard InChI is InChI=1S/C12H19N3O3/c1-4-17-11(16)10-8-18-12(13-10)15-6-5-14(3)9(2)7-15/h8-9H,4-7H2,1-3H3. The topological polar surface area (TPSA) is 58.8 Å². The lowest BCUT2D eigenvalue weighted by molar-refractivity contribution is 0.0519. The Balaban J connectivity index is 2.04. The summed E-state index contributed by atoms with van der Waals surface area (Å²) in [6.07, 6.45) is 1.36. The van der Waals surface area contributed by atoms with Crippen LogP contribution in [0.1, 0.15) is 24.3 Å². The van der Waals surface area contributed by atoms with Gasteiger partial charge in [0.25, 0.3) is 6.01 Å². The van der Waals surface area contributed by atoms with Gasteiger partial charge in [-0.25, -0.2) is 4.79 Å². The highest BCUT2D eigenvalue weighted by molar-refractivity contribution is 5.87. The van der Waals surface area contributed by atoms with Crippen molar-refractivity contribution in [3.63, 3.8) is 0 Å². The van der Waals surface area contributed by atoms with Gasteiger partial charge in [0.05, 0.1) is 6.61 Å². The maximum Gasteiger partial charge on any atom is 0.360 e. The molecule has 1 aliphatic rings. The monoisotopic (exact) mass is 253 g/mol. The Hall–Kier alpha value is -1.56. The molecule has 6 nitrogen and oxygen atoms in total. The van der Waals surface area contributed by atoms with Gasteiger partial charge in [-0.3, -0.25) is 0 Å². The minimum Gasteiger partial charge on any atom is -0.461 e. The van der Waals surface area contributed by atoms with Gasteiger partial charge in [-0.15, -0.1) is 0 Å². The van der Waals surface area contributed by atoms with Gasteiger partial charge in [0.1, 0.15) is 6.26 Å². The number of piperazine rings is 1. The molecule has 18 heavy (non-hydrogen) atoms. The van der Waals surface area contributed by atoms with Crippen molar-refractivity contribution in [2.75, 3.05) is 38.2 Å². The number of nitrogens with zero attached hydrogens (tertiary/aromatic N) is 3. The SMILES string of the molecule is CCOC(=O)c1coc(N2CCN(C)C(C)C2)n1. The molecule has 0 bridgehead atoms. The van der Waals surface area contributed by atoms with Gasteiger partial charge in [-0.2, -0.15) is 4.98 Å². The lowest BCUT2D eigenvalue weighted by Crippen LogP contribution is -2.50. The zero-order valence-electron chi connectivity index (χ0n) is 11.0. The largest absolute Gasteiger partial charge is 0.461 e. The first kappa shape index (κ1) is 12.9. The average Bonchev–Trinajstić information content (AvgIpc) is 2.82. The first-order valence-corrected chi connectivity index (χ1v) is 6.19. The van der Waals surface area contributed by atoms with Gasteiger partial charge < -0.3 is 19.0 Å². The third-order valence-electron chi connectivity index (χ3n) is 3.21. The molecule has 1 atom stereocenters. The summed E-state index contributed by atoms with van der Waals surface area (Å²) in [6, 6.07) is 0.940. The van der Waals surface area contributed by atoms with Gasteiger partial charge in [0.15, 0.2) is 5.69 Å². The fourth-order valence-electron chi connectivity index (χ4n) is 1.93. The van der Waals surface area contributed by atoms with E-state index >= 15 is 0 Å². The predicted octanol–water partition coefficient (Wildman–Crippen LogP) is 0.992. The minimum atomic E-state index is -0.435. The fraction of sp³-hybridized carbons (Fsp3) is 0.667. The third kappa shape index (κ3) is 2.64. The molecule has 0 spiro atoms. The van der Waals surface area contributed by atoms with Crippen molar-refractivity contribution in [3.05, 3.63) is 12.0 Å². The number of ether oxygens (including phenoxy) is 1. The molecule has 1 saturated heterocycles. The molecular formula is C12H19N3O3. The number of hydrogen-bond acceptors (Lipinski definition) is 6. The Kier molecular flexibility index (Phi) is 3.86. The average molecular weight is 253 g/mol. The Morgan fingerprint density at radius 3 is 3.06 bits per heavy atom. The Bertz CT molecular complexity index is 418. The van der Waals surface area contributed by atoms with E-state index < -0.39 is 5.97 Å². The van der Waals surface area contributed by atoms with Gasteiger partial charge >= 0.3 is 5.97 Å². The van der Waals surface area contributed by atoms with Crippen LogP contribution in [0, 0.1) is 0 Å². The molecule has 6 heteroatoms. The van der Waals surface area contributed by atoms with Crippen LogP contribution in [-0.4, -0.2) is 55.2 Å². The molecule has 0 aliphatic carbocycles. The van der Waals surface area contributed by atoms with E-state index in [9.17, 15) is 4.79 Å². The molecule has 2 heterocycles. The molecule has 100 valence electrons. The molecule has 1 aromatic rings. The van der Waals surface area contributed by atoms with Crippen LogP contribution in [0.4, 0.5) is 6.01 Å². The lowest BCUT2D eigenvalue weighted by atomic mass is 10.2. The molecule has 0 radical (unpaired) electrons. The maximum absolute atomic E-state index is 11.5. The summed E-state index contributed by atoms with van der Waals surface area (Å²) < 4.78 is 10.2. The molecule has 0 saturated carbocycles. The Morgan fingerprint density at radius 1 is 1.61 bits per heavy atom. The van der Waals surface area contributed by atoms with Gasteiger partial charge in [-0.05, 0) is 20.9 Å². The van der Waals surface area contributed by atoms with Crippen molar-refractivity contribution in [1.29, 1.82) is 0 Å². The lowest BCUT2D eigenvalue weighted by Gasteiger charge is -2.36. The quantitative estimate of drug-likeness (QED) is 0.749. The number of esters is 1. The van der Waals surface area contributed by atoms with Crippen LogP contribution in [0.15, 0.2) is 10.7 Å². The summed E-state index contributed by atoms with van der Waals surface area (Å²) in [5, 5.41) is 0. The Labute approximate surface area is 107 Å². The predicted molar refractivity (Wildman–Crippen MR) is 66.8 cm³/mol. The first-order chi connectivity index (χ1) is 8.61. The van der Waals surface area contributed by atoms with Crippen LogP contribution in [0.5, 0.6) is 0 Å². The summed E-state index contributed by atoms with van der Waals surface area (Å²) in [6.45, 7) is 6.91. The molecule has 1 aliphatic heterocycles. The number of likely N-dealkylation sites (N-methyl/N-ethyl adjacent to an activating group) is 1. The first-order valence-electron chi connectivity index (χ1n) is 6.19. The highest BCUT2D eigenvalue weighted by atomic mass is 16.5. The second-order valence-electron chi connectivity index (χ2n) is 4.51. The number of rotatable bonds is 3. The molecule has 0 aromatic carbocycles. The molecule has 1 aromatic heterocycles. The van der Waals surface area contributed by atoms with Crippen LogP contribution in [0.2, 0.25) is 0 Å². The number of oxazole rings is 1. The van der Waals surface area contributed by atoms with Crippen molar-refractivity contribution in [1.82, 2.24) is 9.88 Å². The summed E-state index contributed by atoms with van der Waals surface area (Å²) in [5.41, 5.74) is 0.235. The number of carbonyl (C=O) groups excluding carboxylic acids is 1. The normalized spacial score (nSPS) is 21.1. The zero-order chi connectivity index (χ0) is 13.1. The van der Waals surface area contributed by atoms with E-state index in [1.165, 1.54) is 6.26 Å². The van der Waals surface area contributed by atoms with Crippen LogP contribution < -0.4 is 4.90 Å².